The second kappa shape index (κ2) is 6.06. The minimum atomic E-state index is 0.244. The Balaban J connectivity index is 2.36. The molecule has 0 spiro atoms. The SMILES string of the molecule is CNC(c1ccccc1)C1(N(C)C)CCCC(C)C1. The first-order valence-corrected chi connectivity index (χ1v) is 7.50. The summed E-state index contributed by atoms with van der Waals surface area (Å²) < 4.78 is 0. The standard InChI is InChI=1S/C17H28N2/c1-14-9-8-12-17(13-14,19(3)4)16(18-2)15-10-6-5-7-11-15/h5-7,10-11,14,16,18H,8-9,12-13H2,1-4H3. The molecule has 0 amide bonds. The van der Waals surface area contributed by atoms with Crippen molar-refractivity contribution in [3.8, 4) is 0 Å². The summed E-state index contributed by atoms with van der Waals surface area (Å²) in [6.45, 7) is 2.40. The van der Waals surface area contributed by atoms with Crippen molar-refractivity contribution in [1.82, 2.24) is 10.2 Å². The highest BCUT2D eigenvalue weighted by Crippen LogP contribution is 2.43. The van der Waals surface area contributed by atoms with Gasteiger partial charge in [0.2, 0.25) is 0 Å². The molecule has 1 aliphatic carbocycles. The van der Waals surface area contributed by atoms with Crippen LogP contribution in [0.1, 0.15) is 44.2 Å². The molecule has 0 bridgehead atoms. The molecule has 1 fully saturated rings. The number of benzene rings is 1. The molecule has 2 rings (SSSR count). The lowest BCUT2D eigenvalue weighted by molar-refractivity contribution is 0.0393. The zero-order valence-electron chi connectivity index (χ0n) is 12.8. The first-order valence-electron chi connectivity index (χ1n) is 7.50. The third kappa shape index (κ3) is 2.85. The van der Waals surface area contributed by atoms with Gasteiger partial charge in [-0.3, -0.25) is 0 Å². The van der Waals surface area contributed by atoms with E-state index >= 15 is 0 Å². The summed E-state index contributed by atoms with van der Waals surface area (Å²) in [5, 5.41) is 3.59. The van der Waals surface area contributed by atoms with Crippen molar-refractivity contribution in [1.29, 1.82) is 0 Å². The zero-order chi connectivity index (χ0) is 13.9. The normalized spacial score (nSPS) is 29.4. The summed E-state index contributed by atoms with van der Waals surface area (Å²) in [5.74, 6) is 0.815. The molecular formula is C17H28N2. The largest absolute Gasteiger partial charge is 0.311 e. The van der Waals surface area contributed by atoms with Gasteiger partial charge in [0, 0.05) is 5.54 Å². The molecule has 0 heterocycles. The topological polar surface area (TPSA) is 15.3 Å². The van der Waals surface area contributed by atoms with Crippen LogP contribution in [0.15, 0.2) is 30.3 Å². The molecule has 0 aliphatic heterocycles. The van der Waals surface area contributed by atoms with E-state index in [-0.39, 0.29) is 5.54 Å². The minimum Gasteiger partial charge on any atom is -0.311 e. The van der Waals surface area contributed by atoms with Gasteiger partial charge >= 0.3 is 0 Å². The molecule has 3 atom stereocenters. The maximum atomic E-state index is 3.59. The Morgan fingerprint density at radius 1 is 1.26 bits per heavy atom. The quantitative estimate of drug-likeness (QED) is 0.892. The van der Waals surface area contributed by atoms with E-state index in [0.717, 1.165) is 5.92 Å². The summed E-state index contributed by atoms with van der Waals surface area (Å²) in [4.78, 5) is 2.46. The van der Waals surface area contributed by atoms with Gasteiger partial charge in [-0.05, 0) is 45.5 Å². The number of hydrogen-bond donors (Lipinski definition) is 1. The average Bonchev–Trinajstić information content (AvgIpc) is 2.40. The Bertz CT molecular complexity index is 388. The van der Waals surface area contributed by atoms with Gasteiger partial charge in [-0.2, -0.15) is 0 Å². The lowest BCUT2D eigenvalue weighted by Crippen LogP contribution is -2.55. The van der Waals surface area contributed by atoms with Crippen molar-refractivity contribution in [3.05, 3.63) is 35.9 Å². The number of rotatable bonds is 4. The monoisotopic (exact) mass is 260 g/mol. The van der Waals surface area contributed by atoms with Crippen molar-refractivity contribution < 1.29 is 0 Å². The third-order valence-electron chi connectivity index (χ3n) is 4.86. The minimum absolute atomic E-state index is 0.244. The fourth-order valence-corrected chi connectivity index (χ4v) is 3.88. The van der Waals surface area contributed by atoms with Crippen LogP contribution in [0.2, 0.25) is 0 Å². The van der Waals surface area contributed by atoms with E-state index in [2.05, 4.69) is 68.6 Å². The van der Waals surface area contributed by atoms with Crippen molar-refractivity contribution in [2.45, 2.75) is 44.2 Å². The van der Waals surface area contributed by atoms with Gasteiger partial charge in [0.25, 0.3) is 0 Å². The van der Waals surface area contributed by atoms with Crippen LogP contribution in [0.4, 0.5) is 0 Å². The molecule has 2 nitrogen and oxygen atoms in total. The maximum absolute atomic E-state index is 3.59. The van der Waals surface area contributed by atoms with Crippen molar-refractivity contribution in [2.24, 2.45) is 5.92 Å². The summed E-state index contributed by atoms with van der Waals surface area (Å²) in [5.41, 5.74) is 1.65. The second-order valence-corrected chi connectivity index (χ2v) is 6.33. The highest BCUT2D eigenvalue weighted by molar-refractivity contribution is 5.24. The molecule has 0 saturated heterocycles. The van der Waals surface area contributed by atoms with Crippen LogP contribution in [0, 0.1) is 5.92 Å². The Labute approximate surface area is 118 Å². The van der Waals surface area contributed by atoms with Gasteiger partial charge in [-0.15, -0.1) is 0 Å². The van der Waals surface area contributed by atoms with E-state index in [4.69, 9.17) is 0 Å². The molecule has 1 saturated carbocycles. The zero-order valence-corrected chi connectivity index (χ0v) is 12.8. The van der Waals surface area contributed by atoms with E-state index in [0.29, 0.717) is 6.04 Å². The van der Waals surface area contributed by atoms with Crippen LogP contribution in [0.5, 0.6) is 0 Å². The summed E-state index contributed by atoms with van der Waals surface area (Å²) in [7, 11) is 6.58. The van der Waals surface area contributed by atoms with Crippen molar-refractivity contribution >= 4 is 0 Å². The molecule has 1 aliphatic rings. The van der Waals surface area contributed by atoms with Crippen LogP contribution in [0.25, 0.3) is 0 Å². The van der Waals surface area contributed by atoms with Crippen LogP contribution < -0.4 is 5.32 Å². The van der Waals surface area contributed by atoms with Gasteiger partial charge in [0.15, 0.2) is 0 Å². The number of nitrogens with one attached hydrogen (secondary N) is 1. The van der Waals surface area contributed by atoms with E-state index < -0.39 is 0 Å². The molecule has 0 radical (unpaired) electrons. The highest BCUT2D eigenvalue weighted by atomic mass is 15.2. The fraction of sp³-hybridized carbons (Fsp3) is 0.647. The molecule has 19 heavy (non-hydrogen) atoms. The molecule has 2 heteroatoms. The summed E-state index contributed by atoms with van der Waals surface area (Å²) >= 11 is 0. The average molecular weight is 260 g/mol. The number of nitrogens with zero attached hydrogens (tertiary/aromatic N) is 1. The number of likely N-dealkylation sites (N-methyl/N-ethyl adjacent to an activating group) is 2. The van der Waals surface area contributed by atoms with Gasteiger partial charge in [-0.1, -0.05) is 50.1 Å². The molecule has 1 aromatic carbocycles. The third-order valence-corrected chi connectivity index (χ3v) is 4.86. The Morgan fingerprint density at radius 3 is 2.47 bits per heavy atom. The van der Waals surface area contributed by atoms with Crippen molar-refractivity contribution in [3.63, 3.8) is 0 Å². The van der Waals surface area contributed by atoms with Crippen LogP contribution in [-0.4, -0.2) is 31.6 Å². The molecule has 106 valence electrons. The van der Waals surface area contributed by atoms with E-state index in [1.165, 1.54) is 31.2 Å². The van der Waals surface area contributed by atoms with Gasteiger partial charge in [0.05, 0.1) is 6.04 Å². The maximum Gasteiger partial charge on any atom is 0.0504 e. The predicted molar refractivity (Wildman–Crippen MR) is 82.3 cm³/mol. The first-order chi connectivity index (χ1) is 9.10. The summed E-state index contributed by atoms with van der Waals surface area (Å²) in [6, 6.07) is 11.3. The van der Waals surface area contributed by atoms with Crippen LogP contribution in [-0.2, 0) is 0 Å². The van der Waals surface area contributed by atoms with Crippen LogP contribution >= 0.6 is 0 Å². The molecule has 0 aromatic heterocycles. The van der Waals surface area contributed by atoms with Crippen molar-refractivity contribution in [2.75, 3.05) is 21.1 Å². The van der Waals surface area contributed by atoms with E-state index in [1.54, 1.807) is 0 Å². The first kappa shape index (κ1) is 14.5. The Morgan fingerprint density at radius 2 is 1.95 bits per heavy atom. The van der Waals surface area contributed by atoms with Gasteiger partial charge in [0.1, 0.15) is 0 Å². The Kier molecular flexibility index (Phi) is 4.64. The fourth-order valence-electron chi connectivity index (χ4n) is 3.88. The second-order valence-electron chi connectivity index (χ2n) is 6.33. The highest BCUT2D eigenvalue weighted by Gasteiger charge is 2.43. The Hall–Kier alpha value is -0.860. The lowest BCUT2D eigenvalue weighted by Gasteiger charge is -2.50. The van der Waals surface area contributed by atoms with Gasteiger partial charge in [-0.25, -0.2) is 0 Å². The molecule has 1 N–H and O–H groups in total. The molecular weight excluding hydrogens is 232 g/mol. The summed E-state index contributed by atoms with van der Waals surface area (Å²) in [6.07, 6.45) is 5.27. The lowest BCUT2D eigenvalue weighted by atomic mass is 9.69. The van der Waals surface area contributed by atoms with E-state index in [9.17, 15) is 0 Å². The molecule has 1 aromatic rings. The predicted octanol–water partition coefficient (Wildman–Crippen LogP) is 3.46. The van der Waals surface area contributed by atoms with Crippen LogP contribution in [0.3, 0.4) is 0 Å². The number of hydrogen-bond acceptors (Lipinski definition) is 2. The molecule has 3 unspecified atom stereocenters. The van der Waals surface area contributed by atoms with E-state index in [1.807, 2.05) is 0 Å². The smallest absolute Gasteiger partial charge is 0.0504 e. The van der Waals surface area contributed by atoms with Gasteiger partial charge < -0.3 is 10.2 Å².